The van der Waals surface area contributed by atoms with Crippen LogP contribution in [0.1, 0.15) is 10.4 Å². The summed E-state index contributed by atoms with van der Waals surface area (Å²) in [5, 5.41) is 17.8. The van der Waals surface area contributed by atoms with Crippen molar-refractivity contribution in [1.29, 1.82) is 0 Å². The van der Waals surface area contributed by atoms with E-state index in [9.17, 15) is 4.79 Å². The summed E-state index contributed by atoms with van der Waals surface area (Å²) in [6.07, 6.45) is 3.52. The molecule has 5 heteroatoms. The topological polar surface area (TPSA) is 78.0 Å². The molecule has 88 valence electrons. The summed E-state index contributed by atoms with van der Waals surface area (Å²) in [4.78, 5) is 11.6. The van der Waals surface area contributed by atoms with Crippen LogP contribution in [-0.2, 0) is 0 Å². The number of rotatable bonds is 4. The molecule has 2 aromatic rings. The number of hydrogen-bond acceptors (Lipinski definition) is 3. The van der Waals surface area contributed by atoms with Gasteiger partial charge in [0, 0.05) is 23.9 Å². The number of hydrogen-bond donors (Lipinski definition) is 3. The Balaban J connectivity index is 2.10. The third-order valence-electron chi connectivity index (χ3n) is 2.38. The van der Waals surface area contributed by atoms with Crippen LogP contribution in [0.2, 0.25) is 0 Å². The number of aliphatic hydroxyl groups is 1. The molecule has 0 aliphatic rings. The first-order valence-electron chi connectivity index (χ1n) is 5.29. The Morgan fingerprint density at radius 3 is 2.65 bits per heavy atom. The average Bonchev–Trinajstić information content (AvgIpc) is 2.90. The fourth-order valence-corrected chi connectivity index (χ4v) is 1.49. The maximum Gasteiger partial charge on any atom is 0.251 e. The third-order valence-corrected chi connectivity index (χ3v) is 2.38. The normalized spacial score (nSPS) is 10.2. The summed E-state index contributed by atoms with van der Waals surface area (Å²) >= 11 is 0. The molecule has 0 aliphatic carbocycles. The minimum atomic E-state index is -0.183. The zero-order valence-corrected chi connectivity index (χ0v) is 9.18. The van der Waals surface area contributed by atoms with Crippen molar-refractivity contribution >= 4 is 5.91 Å². The lowest BCUT2D eigenvalue weighted by Gasteiger charge is -2.03. The smallest absolute Gasteiger partial charge is 0.251 e. The zero-order valence-electron chi connectivity index (χ0n) is 9.18. The molecule has 1 heterocycles. The van der Waals surface area contributed by atoms with Gasteiger partial charge < -0.3 is 10.4 Å². The molecule has 5 nitrogen and oxygen atoms in total. The van der Waals surface area contributed by atoms with Gasteiger partial charge in [-0.25, -0.2) is 0 Å². The lowest BCUT2D eigenvalue weighted by Crippen LogP contribution is -2.26. The fraction of sp³-hybridized carbons (Fsp3) is 0.167. The van der Waals surface area contributed by atoms with E-state index < -0.39 is 0 Å². The lowest BCUT2D eigenvalue weighted by atomic mass is 10.1. The molecule has 3 N–H and O–H groups in total. The highest BCUT2D eigenvalue weighted by Crippen LogP contribution is 2.17. The van der Waals surface area contributed by atoms with Crippen LogP contribution < -0.4 is 5.32 Å². The highest BCUT2D eigenvalue weighted by Gasteiger charge is 2.05. The molecule has 17 heavy (non-hydrogen) atoms. The Kier molecular flexibility index (Phi) is 3.52. The van der Waals surface area contributed by atoms with Crippen LogP contribution in [-0.4, -0.2) is 34.4 Å². The van der Waals surface area contributed by atoms with E-state index in [-0.39, 0.29) is 19.1 Å². The number of aromatic nitrogens is 2. The van der Waals surface area contributed by atoms with Crippen LogP contribution in [0.15, 0.2) is 36.7 Å². The van der Waals surface area contributed by atoms with E-state index in [4.69, 9.17) is 5.11 Å². The van der Waals surface area contributed by atoms with Crippen molar-refractivity contribution in [3.63, 3.8) is 0 Å². The SMILES string of the molecule is O=C(NCCO)c1ccc(-c2cn[nH]c2)cc1. The Morgan fingerprint density at radius 2 is 2.06 bits per heavy atom. The molecule has 1 aromatic heterocycles. The van der Waals surface area contributed by atoms with Gasteiger partial charge in [-0.15, -0.1) is 0 Å². The standard InChI is InChI=1S/C12H13N3O2/c16-6-5-13-12(17)10-3-1-9(2-4-10)11-7-14-15-8-11/h1-4,7-8,16H,5-6H2,(H,13,17)(H,14,15). The minimum absolute atomic E-state index is 0.0567. The second-order valence-electron chi connectivity index (χ2n) is 3.54. The molecule has 0 saturated carbocycles. The van der Waals surface area contributed by atoms with Crippen LogP contribution >= 0.6 is 0 Å². The van der Waals surface area contributed by atoms with Crippen molar-refractivity contribution in [2.75, 3.05) is 13.2 Å². The molecular weight excluding hydrogens is 218 g/mol. The minimum Gasteiger partial charge on any atom is -0.395 e. The molecular formula is C12H13N3O2. The van der Waals surface area contributed by atoms with E-state index in [0.29, 0.717) is 5.56 Å². The quantitative estimate of drug-likeness (QED) is 0.728. The molecule has 0 bridgehead atoms. The van der Waals surface area contributed by atoms with E-state index in [1.807, 2.05) is 12.1 Å². The third kappa shape index (κ3) is 2.70. The first-order valence-corrected chi connectivity index (χ1v) is 5.29. The van der Waals surface area contributed by atoms with E-state index in [1.165, 1.54) is 0 Å². The molecule has 0 fully saturated rings. The highest BCUT2D eigenvalue weighted by molar-refractivity contribution is 5.94. The molecule has 0 aliphatic heterocycles. The first-order chi connectivity index (χ1) is 8.31. The largest absolute Gasteiger partial charge is 0.395 e. The van der Waals surface area contributed by atoms with Crippen LogP contribution in [0, 0.1) is 0 Å². The zero-order chi connectivity index (χ0) is 12.1. The van der Waals surface area contributed by atoms with Gasteiger partial charge in [-0.3, -0.25) is 9.89 Å². The molecule has 0 saturated heterocycles. The number of carbonyl (C=O) groups is 1. The molecule has 0 unspecified atom stereocenters. The van der Waals surface area contributed by atoms with Crippen molar-refractivity contribution in [1.82, 2.24) is 15.5 Å². The number of amides is 1. The van der Waals surface area contributed by atoms with E-state index in [0.717, 1.165) is 11.1 Å². The molecule has 0 radical (unpaired) electrons. The highest BCUT2D eigenvalue weighted by atomic mass is 16.3. The van der Waals surface area contributed by atoms with Gasteiger partial charge in [0.15, 0.2) is 0 Å². The van der Waals surface area contributed by atoms with Gasteiger partial charge in [-0.1, -0.05) is 12.1 Å². The number of nitrogens with one attached hydrogen (secondary N) is 2. The van der Waals surface area contributed by atoms with Crippen molar-refractivity contribution in [3.05, 3.63) is 42.2 Å². The van der Waals surface area contributed by atoms with Gasteiger partial charge in [0.2, 0.25) is 0 Å². The maximum absolute atomic E-state index is 11.6. The number of carbonyl (C=O) groups excluding carboxylic acids is 1. The Labute approximate surface area is 98.5 Å². The fourth-order valence-electron chi connectivity index (χ4n) is 1.49. The number of aliphatic hydroxyl groups excluding tert-OH is 1. The van der Waals surface area contributed by atoms with Crippen molar-refractivity contribution in [2.24, 2.45) is 0 Å². The van der Waals surface area contributed by atoms with Gasteiger partial charge in [-0.05, 0) is 17.7 Å². The summed E-state index contributed by atoms with van der Waals surface area (Å²) in [6, 6.07) is 7.21. The van der Waals surface area contributed by atoms with E-state index >= 15 is 0 Å². The summed E-state index contributed by atoms with van der Waals surface area (Å²) in [6.45, 7) is 0.209. The average molecular weight is 231 g/mol. The van der Waals surface area contributed by atoms with Crippen molar-refractivity contribution in [3.8, 4) is 11.1 Å². The summed E-state index contributed by atoms with van der Waals surface area (Å²) in [7, 11) is 0. The number of aromatic amines is 1. The van der Waals surface area contributed by atoms with Crippen molar-refractivity contribution < 1.29 is 9.90 Å². The van der Waals surface area contributed by atoms with E-state index in [1.54, 1.807) is 24.5 Å². The molecule has 0 atom stereocenters. The summed E-state index contributed by atoms with van der Waals surface area (Å²) in [5.41, 5.74) is 2.55. The summed E-state index contributed by atoms with van der Waals surface area (Å²) < 4.78 is 0. The number of nitrogens with zero attached hydrogens (tertiary/aromatic N) is 1. The van der Waals surface area contributed by atoms with Crippen LogP contribution in [0.5, 0.6) is 0 Å². The Morgan fingerprint density at radius 1 is 1.29 bits per heavy atom. The van der Waals surface area contributed by atoms with Gasteiger partial charge in [0.25, 0.3) is 5.91 Å². The molecule has 0 spiro atoms. The Bertz CT molecular complexity index is 477. The van der Waals surface area contributed by atoms with E-state index in [2.05, 4.69) is 15.5 Å². The predicted octanol–water partition coefficient (Wildman–Crippen LogP) is 0.799. The monoisotopic (exact) mass is 231 g/mol. The first kappa shape index (κ1) is 11.3. The molecule has 1 aromatic carbocycles. The van der Waals surface area contributed by atoms with Gasteiger partial charge in [0.1, 0.15) is 0 Å². The number of H-pyrrole nitrogens is 1. The predicted molar refractivity (Wildman–Crippen MR) is 63.4 cm³/mol. The van der Waals surface area contributed by atoms with Gasteiger partial charge in [0.05, 0.1) is 12.8 Å². The lowest BCUT2D eigenvalue weighted by molar-refractivity contribution is 0.0945. The molecule has 2 rings (SSSR count). The van der Waals surface area contributed by atoms with Gasteiger partial charge >= 0.3 is 0 Å². The summed E-state index contributed by atoms with van der Waals surface area (Å²) in [5.74, 6) is -0.183. The second-order valence-corrected chi connectivity index (χ2v) is 3.54. The van der Waals surface area contributed by atoms with Crippen LogP contribution in [0.4, 0.5) is 0 Å². The van der Waals surface area contributed by atoms with Crippen molar-refractivity contribution in [2.45, 2.75) is 0 Å². The van der Waals surface area contributed by atoms with Gasteiger partial charge in [-0.2, -0.15) is 5.10 Å². The molecule has 1 amide bonds. The Hall–Kier alpha value is -2.14. The second kappa shape index (κ2) is 5.27. The number of benzene rings is 1. The maximum atomic E-state index is 11.6. The van der Waals surface area contributed by atoms with Crippen LogP contribution in [0.25, 0.3) is 11.1 Å². The van der Waals surface area contributed by atoms with Crippen LogP contribution in [0.3, 0.4) is 0 Å².